The third kappa shape index (κ3) is 2.68. The maximum Gasteiger partial charge on any atom is 0.0648 e. The lowest BCUT2D eigenvalue weighted by atomic mass is 10.0. The normalized spacial score (nSPS) is 25.5. The first-order valence-corrected chi connectivity index (χ1v) is 6.67. The van der Waals surface area contributed by atoms with Crippen LogP contribution >= 0.6 is 0 Å². The van der Waals surface area contributed by atoms with Crippen molar-refractivity contribution in [3.63, 3.8) is 0 Å². The Kier molecular flexibility index (Phi) is 3.93. The van der Waals surface area contributed by atoms with Gasteiger partial charge in [-0.25, -0.2) is 0 Å². The zero-order chi connectivity index (χ0) is 13.3. The van der Waals surface area contributed by atoms with Crippen molar-refractivity contribution in [2.75, 3.05) is 31.6 Å². The van der Waals surface area contributed by atoms with Crippen LogP contribution in [0, 0.1) is 13.8 Å². The van der Waals surface area contributed by atoms with Gasteiger partial charge < -0.3 is 10.0 Å². The maximum absolute atomic E-state index is 9.60. The Bertz CT molecular complexity index is 399. The molecule has 1 aliphatic heterocycles. The largest absolute Gasteiger partial charge is 0.394 e. The molecule has 0 aliphatic carbocycles. The molecular formula is C15H24N2O. The van der Waals surface area contributed by atoms with Crippen LogP contribution in [0.1, 0.15) is 18.1 Å². The molecule has 1 saturated heterocycles. The Morgan fingerprint density at radius 2 is 1.78 bits per heavy atom. The molecule has 3 heteroatoms. The second-order valence-corrected chi connectivity index (χ2v) is 5.62. The van der Waals surface area contributed by atoms with Gasteiger partial charge in [0.2, 0.25) is 0 Å². The summed E-state index contributed by atoms with van der Waals surface area (Å²) in [7, 11) is 2.13. The zero-order valence-electron chi connectivity index (χ0n) is 11.8. The number of rotatable bonds is 2. The fourth-order valence-electron chi connectivity index (χ4n) is 2.77. The van der Waals surface area contributed by atoms with E-state index < -0.39 is 0 Å². The van der Waals surface area contributed by atoms with Crippen LogP contribution in [-0.4, -0.2) is 48.8 Å². The van der Waals surface area contributed by atoms with E-state index in [0.29, 0.717) is 6.04 Å². The lowest BCUT2D eigenvalue weighted by Crippen LogP contribution is -2.57. The summed E-state index contributed by atoms with van der Waals surface area (Å²) in [4.78, 5) is 4.67. The molecule has 2 atom stereocenters. The van der Waals surface area contributed by atoms with Crippen molar-refractivity contribution in [3.05, 3.63) is 29.3 Å². The molecule has 100 valence electrons. The smallest absolute Gasteiger partial charge is 0.0648 e. The number of hydrogen-bond donors (Lipinski definition) is 1. The Balaban J connectivity index is 2.29. The van der Waals surface area contributed by atoms with E-state index in [1.165, 1.54) is 16.8 Å². The topological polar surface area (TPSA) is 26.7 Å². The minimum atomic E-state index is 0.201. The second-order valence-electron chi connectivity index (χ2n) is 5.62. The van der Waals surface area contributed by atoms with Gasteiger partial charge in [-0.2, -0.15) is 0 Å². The van der Waals surface area contributed by atoms with Gasteiger partial charge in [0.15, 0.2) is 0 Å². The lowest BCUT2D eigenvalue weighted by Gasteiger charge is -2.44. The number of aryl methyl sites for hydroxylation is 2. The highest BCUT2D eigenvalue weighted by molar-refractivity contribution is 5.52. The van der Waals surface area contributed by atoms with Crippen molar-refractivity contribution < 1.29 is 5.11 Å². The molecule has 0 radical (unpaired) electrons. The van der Waals surface area contributed by atoms with Crippen molar-refractivity contribution in [3.8, 4) is 0 Å². The molecule has 0 amide bonds. The standard InChI is InChI=1S/C15H24N2O/c1-11-5-12(2)7-14(6-11)17-8-13(3)16(4)9-15(17)10-18/h5-7,13,15,18H,8-10H2,1-4H3. The number of aliphatic hydroxyl groups is 1. The third-order valence-electron chi connectivity index (χ3n) is 3.90. The van der Waals surface area contributed by atoms with Gasteiger partial charge in [-0.15, -0.1) is 0 Å². The quantitative estimate of drug-likeness (QED) is 0.864. The Morgan fingerprint density at radius 1 is 1.17 bits per heavy atom. The highest BCUT2D eigenvalue weighted by atomic mass is 16.3. The molecule has 0 spiro atoms. The molecule has 1 aromatic carbocycles. The van der Waals surface area contributed by atoms with Gasteiger partial charge in [0.25, 0.3) is 0 Å². The summed E-state index contributed by atoms with van der Waals surface area (Å²) < 4.78 is 0. The van der Waals surface area contributed by atoms with E-state index in [0.717, 1.165) is 13.1 Å². The van der Waals surface area contributed by atoms with E-state index in [2.05, 4.69) is 55.8 Å². The van der Waals surface area contributed by atoms with Crippen LogP contribution in [0.15, 0.2) is 18.2 Å². The molecule has 1 aliphatic rings. The number of hydrogen-bond acceptors (Lipinski definition) is 3. The predicted molar refractivity (Wildman–Crippen MR) is 76.2 cm³/mol. The number of piperazine rings is 1. The first kappa shape index (κ1) is 13.4. The van der Waals surface area contributed by atoms with Crippen LogP contribution in [0.5, 0.6) is 0 Å². The molecule has 2 unspecified atom stereocenters. The fourth-order valence-corrected chi connectivity index (χ4v) is 2.77. The van der Waals surface area contributed by atoms with E-state index >= 15 is 0 Å². The summed E-state index contributed by atoms with van der Waals surface area (Å²) >= 11 is 0. The molecule has 3 nitrogen and oxygen atoms in total. The first-order valence-electron chi connectivity index (χ1n) is 6.67. The Labute approximate surface area is 110 Å². The molecule has 0 bridgehead atoms. The predicted octanol–water partition coefficient (Wildman–Crippen LogP) is 1.80. The Hall–Kier alpha value is -1.06. The average Bonchev–Trinajstić information content (AvgIpc) is 2.30. The monoisotopic (exact) mass is 248 g/mol. The van der Waals surface area contributed by atoms with Gasteiger partial charge in [0, 0.05) is 24.8 Å². The summed E-state index contributed by atoms with van der Waals surface area (Å²) in [6.07, 6.45) is 0. The van der Waals surface area contributed by atoms with Crippen molar-refractivity contribution in [1.29, 1.82) is 0 Å². The van der Waals surface area contributed by atoms with Gasteiger partial charge in [-0.3, -0.25) is 4.90 Å². The van der Waals surface area contributed by atoms with Crippen molar-refractivity contribution in [1.82, 2.24) is 4.90 Å². The number of nitrogens with zero attached hydrogens (tertiary/aromatic N) is 2. The third-order valence-corrected chi connectivity index (χ3v) is 3.90. The summed E-state index contributed by atoms with van der Waals surface area (Å²) in [5, 5.41) is 9.60. The van der Waals surface area contributed by atoms with Crippen LogP contribution in [0.25, 0.3) is 0 Å². The van der Waals surface area contributed by atoms with Gasteiger partial charge in [-0.05, 0) is 51.1 Å². The van der Waals surface area contributed by atoms with E-state index in [9.17, 15) is 5.11 Å². The highest BCUT2D eigenvalue weighted by Crippen LogP contribution is 2.24. The van der Waals surface area contributed by atoms with Gasteiger partial charge in [0.05, 0.1) is 12.6 Å². The van der Waals surface area contributed by atoms with E-state index in [1.807, 2.05) is 0 Å². The summed E-state index contributed by atoms with van der Waals surface area (Å²) in [6, 6.07) is 7.35. The number of anilines is 1. The van der Waals surface area contributed by atoms with Crippen LogP contribution < -0.4 is 4.90 Å². The lowest BCUT2D eigenvalue weighted by molar-refractivity contribution is 0.155. The minimum Gasteiger partial charge on any atom is -0.394 e. The molecule has 2 rings (SSSR count). The van der Waals surface area contributed by atoms with Crippen molar-refractivity contribution in [2.45, 2.75) is 32.9 Å². The molecule has 1 N–H and O–H groups in total. The van der Waals surface area contributed by atoms with Crippen LogP contribution in [-0.2, 0) is 0 Å². The Morgan fingerprint density at radius 3 is 2.33 bits per heavy atom. The molecule has 1 aromatic rings. The molecule has 18 heavy (non-hydrogen) atoms. The van der Waals surface area contributed by atoms with Gasteiger partial charge in [-0.1, -0.05) is 6.07 Å². The first-order chi connectivity index (χ1) is 8.51. The van der Waals surface area contributed by atoms with Crippen LogP contribution in [0.4, 0.5) is 5.69 Å². The van der Waals surface area contributed by atoms with E-state index in [-0.39, 0.29) is 12.6 Å². The fraction of sp³-hybridized carbons (Fsp3) is 0.600. The zero-order valence-corrected chi connectivity index (χ0v) is 11.8. The highest BCUT2D eigenvalue weighted by Gasteiger charge is 2.29. The van der Waals surface area contributed by atoms with E-state index in [1.54, 1.807) is 0 Å². The number of likely N-dealkylation sites (N-methyl/N-ethyl adjacent to an activating group) is 1. The molecule has 0 saturated carbocycles. The molecule has 1 fully saturated rings. The van der Waals surface area contributed by atoms with Crippen LogP contribution in [0.2, 0.25) is 0 Å². The SMILES string of the molecule is Cc1cc(C)cc(N2CC(C)N(C)CC2CO)c1. The molecule has 1 heterocycles. The van der Waals surface area contributed by atoms with Crippen molar-refractivity contribution in [2.24, 2.45) is 0 Å². The van der Waals surface area contributed by atoms with Gasteiger partial charge in [0.1, 0.15) is 0 Å². The maximum atomic E-state index is 9.60. The van der Waals surface area contributed by atoms with E-state index in [4.69, 9.17) is 0 Å². The summed E-state index contributed by atoms with van der Waals surface area (Å²) in [5.41, 5.74) is 3.81. The van der Waals surface area contributed by atoms with Crippen LogP contribution in [0.3, 0.4) is 0 Å². The minimum absolute atomic E-state index is 0.201. The summed E-state index contributed by atoms with van der Waals surface area (Å²) in [5.74, 6) is 0. The van der Waals surface area contributed by atoms with Crippen molar-refractivity contribution >= 4 is 5.69 Å². The average molecular weight is 248 g/mol. The summed E-state index contributed by atoms with van der Waals surface area (Å²) in [6.45, 7) is 8.61. The molecular weight excluding hydrogens is 224 g/mol. The second kappa shape index (κ2) is 5.29. The van der Waals surface area contributed by atoms with Gasteiger partial charge >= 0.3 is 0 Å². The molecule has 0 aromatic heterocycles. The number of benzene rings is 1. The number of aliphatic hydroxyl groups excluding tert-OH is 1.